The van der Waals surface area contributed by atoms with E-state index < -0.39 is 0 Å². The summed E-state index contributed by atoms with van der Waals surface area (Å²) in [6, 6.07) is 9.52. The van der Waals surface area contributed by atoms with E-state index in [4.69, 9.17) is 16.3 Å². The number of aromatic nitrogens is 3. The number of ether oxygens (including phenoxy) is 1. The number of likely N-dealkylation sites (N-methyl/N-ethyl adjacent to an activating group) is 1. The Bertz CT molecular complexity index is 1560. The summed E-state index contributed by atoms with van der Waals surface area (Å²) in [4.78, 5) is 32.7. The minimum Gasteiger partial charge on any atom is -0.488 e. The maximum Gasteiger partial charge on any atom is 0.331 e. The van der Waals surface area contributed by atoms with E-state index in [0.717, 1.165) is 56.9 Å². The maximum absolute atomic E-state index is 12.5. The van der Waals surface area contributed by atoms with Crippen LogP contribution in [-0.2, 0) is 13.6 Å². The van der Waals surface area contributed by atoms with Gasteiger partial charge in [0, 0.05) is 52.6 Å². The molecule has 36 heavy (non-hydrogen) atoms. The zero-order chi connectivity index (χ0) is 25.6. The molecule has 0 radical (unpaired) electrons. The summed E-state index contributed by atoms with van der Waals surface area (Å²) in [5.41, 5.74) is 3.02. The molecule has 4 heterocycles. The van der Waals surface area contributed by atoms with Gasteiger partial charge in [-0.05, 0) is 70.1 Å². The summed E-state index contributed by atoms with van der Waals surface area (Å²) in [6.07, 6.45) is 5.45. The van der Waals surface area contributed by atoms with Crippen LogP contribution < -0.4 is 16.0 Å². The highest BCUT2D eigenvalue weighted by Crippen LogP contribution is 2.42. The van der Waals surface area contributed by atoms with Crippen LogP contribution in [0.25, 0.3) is 21.3 Å². The van der Waals surface area contributed by atoms with E-state index in [1.54, 1.807) is 13.2 Å². The fourth-order valence-electron chi connectivity index (χ4n) is 4.86. The Morgan fingerprint density at radius 1 is 1.17 bits per heavy atom. The largest absolute Gasteiger partial charge is 0.488 e. The Morgan fingerprint density at radius 3 is 2.78 bits per heavy atom. The third-order valence-corrected chi connectivity index (χ3v) is 8.41. The molecule has 188 valence electrons. The molecule has 5 rings (SSSR count). The number of thiophene rings is 1. The molecule has 9 heteroatoms. The summed E-state index contributed by atoms with van der Waals surface area (Å²) in [7, 11) is 3.78. The summed E-state index contributed by atoms with van der Waals surface area (Å²) >= 11 is 8.06. The number of benzene rings is 1. The van der Waals surface area contributed by atoms with Crippen LogP contribution in [-0.4, -0.2) is 44.8 Å². The number of pyridine rings is 1. The van der Waals surface area contributed by atoms with Crippen LogP contribution in [0.3, 0.4) is 0 Å². The number of piperidine rings is 1. The summed E-state index contributed by atoms with van der Waals surface area (Å²) in [6.45, 7) is 5.50. The van der Waals surface area contributed by atoms with Crippen molar-refractivity contribution < 1.29 is 4.74 Å². The van der Waals surface area contributed by atoms with Crippen LogP contribution in [0.2, 0.25) is 5.02 Å². The second kappa shape index (κ2) is 9.84. The molecule has 0 aliphatic carbocycles. The average molecular weight is 525 g/mol. The molecular weight excluding hydrogens is 496 g/mol. The highest BCUT2D eigenvalue weighted by molar-refractivity contribution is 7.19. The Morgan fingerprint density at radius 2 is 1.97 bits per heavy atom. The molecule has 1 unspecified atom stereocenters. The zero-order valence-corrected chi connectivity index (χ0v) is 22.4. The van der Waals surface area contributed by atoms with Gasteiger partial charge in [-0.25, -0.2) is 4.79 Å². The number of halogens is 1. The van der Waals surface area contributed by atoms with E-state index in [9.17, 15) is 9.59 Å². The lowest BCUT2D eigenvalue weighted by atomic mass is 9.99. The number of nitrogens with zero attached hydrogens (tertiary/aromatic N) is 4. The van der Waals surface area contributed by atoms with Gasteiger partial charge in [0.2, 0.25) is 0 Å². The summed E-state index contributed by atoms with van der Waals surface area (Å²) in [5, 5.41) is 0.643. The average Bonchev–Trinajstić information content (AvgIpc) is 3.26. The second-order valence-electron chi connectivity index (χ2n) is 9.54. The Kier molecular flexibility index (Phi) is 6.76. The molecule has 2 atom stereocenters. The van der Waals surface area contributed by atoms with Crippen molar-refractivity contribution in [3.05, 3.63) is 79.0 Å². The smallest absolute Gasteiger partial charge is 0.331 e. The number of fused-ring (bicyclic) bond motifs is 1. The minimum atomic E-state index is -0.346. The Hall–Kier alpha value is -2.94. The van der Waals surface area contributed by atoms with Crippen LogP contribution in [0, 0.1) is 6.92 Å². The van der Waals surface area contributed by atoms with Crippen LogP contribution >= 0.6 is 22.9 Å². The van der Waals surface area contributed by atoms with Crippen molar-refractivity contribution in [1.29, 1.82) is 0 Å². The van der Waals surface area contributed by atoms with Crippen LogP contribution in [0.15, 0.2) is 52.3 Å². The molecule has 0 saturated carbocycles. The number of likely N-dealkylation sites (tertiary alicyclic amines) is 1. The molecule has 4 aromatic rings. The molecule has 0 bridgehead atoms. The van der Waals surface area contributed by atoms with Gasteiger partial charge in [-0.2, -0.15) is 0 Å². The van der Waals surface area contributed by atoms with Crippen LogP contribution in [0.1, 0.15) is 30.2 Å². The van der Waals surface area contributed by atoms with E-state index in [1.165, 1.54) is 32.7 Å². The van der Waals surface area contributed by atoms with Gasteiger partial charge in [0.25, 0.3) is 5.56 Å². The van der Waals surface area contributed by atoms with Crippen molar-refractivity contribution in [2.24, 2.45) is 7.05 Å². The molecule has 7 nitrogen and oxygen atoms in total. The van der Waals surface area contributed by atoms with Gasteiger partial charge in [-0.3, -0.25) is 14.3 Å². The monoisotopic (exact) mass is 524 g/mol. The van der Waals surface area contributed by atoms with Gasteiger partial charge in [0.05, 0.1) is 16.8 Å². The molecule has 1 fully saturated rings. The van der Waals surface area contributed by atoms with E-state index in [-0.39, 0.29) is 23.9 Å². The van der Waals surface area contributed by atoms with Crippen molar-refractivity contribution in [2.75, 3.05) is 13.6 Å². The lowest BCUT2D eigenvalue weighted by Crippen LogP contribution is -2.46. The number of hydrogen-bond donors (Lipinski definition) is 0. The lowest BCUT2D eigenvalue weighted by molar-refractivity contribution is 0.0519. The summed E-state index contributed by atoms with van der Waals surface area (Å²) < 4.78 is 10.3. The fraction of sp³-hybridized carbons (Fsp3) is 0.370. The molecule has 0 spiro atoms. The molecule has 3 aromatic heterocycles. The van der Waals surface area contributed by atoms with Gasteiger partial charge >= 0.3 is 5.69 Å². The van der Waals surface area contributed by atoms with Crippen LogP contribution in [0.4, 0.5) is 0 Å². The van der Waals surface area contributed by atoms with E-state index in [1.807, 2.05) is 31.2 Å². The maximum atomic E-state index is 12.5. The fourth-order valence-corrected chi connectivity index (χ4v) is 6.26. The third kappa shape index (κ3) is 4.61. The number of rotatable bonds is 5. The van der Waals surface area contributed by atoms with Crippen molar-refractivity contribution in [3.8, 4) is 16.9 Å². The first-order valence-corrected chi connectivity index (χ1v) is 13.2. The first-order chi connectivity index (χ1) is 17.2. The molecule has 0 N–H and O–H groups in total. The van der Waals surface area contributed by atoms with Gasteiger partial charge in [0.1, 0.15) is 11.9 Å². The third-order valence-electron chi connectivity index (χ3n) is 7.05. The first-order valence-electron chi connectivity index (χ1n) is 12.0. The lowest BCUT2D eigenvalue weighted by Gasteiger charge is -2.37. The first kappa shape index (κ1) is 24.7. The topological polar surface area (TPSA) is 69.4 Å². The van der Waals surface area contributed by atoms with Gasteiger partial charge in [0.15, 0.2) is 0 Å². The normalized spacial score (nSPS) is 18.6. The number of aryl methyl sites for hydroxylation is 2. The molecule has 1 saturated heterocycles. The van der Waals surface area contributed by atoms with E-state index >= 15 is 0 Å². The molecule has 1 aliphatic rings. The van der Waals surface area contributed by atoms with Crippen molar-refractivity contribution in [1.82, 2.24) is 19.0 Å². The predicted octanol–water partition coefficient (Wildman–Crippen LogP) is 4.70. The molecular formula is C27H29ClN4O3S. The Balaban J connectivity index is 1.59. The Labute approximate surface area is 218 Å². The highest BCUT2D eigenvalue weighted by Gasteiger charge is 2.28. The number of hydrogen-bond acceptors (Lipinski definition) is 6. The molecule has 1 aliphatic heterocycles. The predicted molar refractivity (Wildman–Crippen MR) is 146 cm³/mol. The quantitative estimate of drug-likeness (QED) is 0.378. The van der Waals surface area contributed by atoms with Gasteiger partial charge in [-0.15, -0.1) is 11.3 Å². The van der Waals surface area contributed by atoms with Crippen LogP contribution in [0.5, 0.6) is 5.75 Å². The van der Waals surface area contributed by atoms with E-state index in [0.29, 0.717) is 11.1 Å². The van der Waals surface area contributed by atoms with Crippen molar-refractivity contribution in [3.63, 3.8) is 0 Å². The van der Waals surface area contributed by atoms with E-state index in [2.05, 4.69) is 23.9 Å². The molecule has 0 amide bonds. The summed E-state index contributed by atoms with van der Waals surface area (Å²) in [5.74, 6) is 0.835. The van der Waals surface area contributed by atoms with Gasteiger partial charge < -0.3 is 14.2 Å². The standard InChI is InChI=1S/C27H29ClN4O3S/c1-16-12-18(28)13-21(25(16)35-23-6-5-10-30(3)17(23)2)20-7-9-29-22-14-19(36-26(20)22)15-32-24(33)8-11-31(4)27(32)34/h7-9,11-14,17,23H,5-6,10,15H2,1-4H3/t17?,23-/m0/s1. The SMILES string of the molecule is Cc1cc(Cl)cc(-c2ccnc3cc(Cn4c(=O)ccn(C)c4=O)sc23)c1O[C@H]1CCCN(C)C1C. The van der Waals surface area contributed by atoms with Crippen molar-refractivity contribution >= 4 is 33.2 Å². The second-order valence-corrected chi connectivity index (χ2v) is 11.1. The minimum absolute atomic E-state index is 0.0831. The zero-order valence-electron chi connectivity index (χ0n) is 20.8. The van der Waals surface area contributed by atoms with Gasteiger partial charge in [-0.1, -0.05) is 11.6 Å². The molecule has 1 aromatic carbocycles. The highest BCUT2D eigenvalue weighted by atomic mass is 35.5. The van der Waals surface area contributed by atoms with Crippen molar-refractivity contribution in [2.45, 2.75) is 45.4 Å².